The molecule has 168 valence electrons. The van der Waals surface area contributed by atoms with Crippen molar-refractivity contribution in [1.82, 2.24) is 15.1 Å². The number of hydrogen-bond donors (Lipinski definition) is 1. The van der Waals surface area contributed by atoms with Crippen LogP contribution >= 0.6 is 0 Å². The summed E-state index contributed by atoms with van der Waals surface area (Å²) in [6.45, 7) is 4.33. The molecule has 2 saturated heterocycles. The summed E-state index contributed by atoms with van der Waals surface area (Å²) in [5.74, 6) is 0.541. The van der Waals surface area contributed by atoms with Gasteiger partial charge in [-0.2, -0.15) is 0 Å². The molecule has 5 rings (SSSR count). The molecule has 1 aromatic carbocycles. The lowest BCUT2D eigenvalue weighted by atomic mass is 9.73. The van der Waals surface area contributed by atoms with Crippen LogP contribution in [0.5, 0.6) is 0 Å². The fourth-order valence-electron chi connectivity index (χ4n) is 6.31. The third kappa shape index (κ3) is 4.19. The average molecular weight is 426 g/mol. The van der Waals surface area contributed by atoms with E-state index in [0.717, 1.165) is 45.2 Å². The van der Waals surface area contributed by atoms with Gasteiger partial charge in [-0.25, -0.2) is 4.79 Å². The van der Waals surface area contributed by atoms with Crippen molar-refractivity contribution in [2.24, 2.45) is 0 Å². The molecule has 3 amide bonds. The minimum atomic E-state index is 0.108. The number of likely N-dealkylation sites (tertiary alicyclic amines) is 1. The van der Waals surface area contributed by atoms with Crippen LogP contribution in [0.4, 0.5) is 4.79 Å². The molecule has 2 heterocycles. The van der Waals surface area contributed by atoms with Crippen molar-refractivity contribution in [1.29, 1.82) is 0 Å². The summed E-state index contributed by atoms with van der Waals surface area (Å²) < 4.78 is 5.41. The topological polar surface area (TPSA) is 61.9 Å². The third-order valence-corrected chi connectivity index (χ3v) is 8.08. The smallest absolute Gasteiger partial charge is 0.317 e. The number of hydrogen-bond acceptors (Lipinski definition) is 3. The summed E-state index contributed by atoms with van der Waals surface area (Å²) in [5.41, 5.74) is 2.88. The molecule has 6 heteroatoms. The van der Waals surface area contributed by atoms with Gasteiger partial charge in [-0.1, -0.05) is 37.1 Å². The second kappa shape index (κ2) is 8.81. The van der Waals surface area contributed by atoms with E-state index in [1.165, 1.54) is 24.0 Å². The van der Waals surface area contributed by atoms with E-state index >= 15 is 0 Å². The van der Waals surface area contributed by atoms with Crippen LogP contribution in [-0.2, 0) is 14.9 Å². The van der Waals surface area contributed by atoms with E-state index in [-0.39, 0.29) is 23.3 Å². The molecule has 0 aromatic heterocycles. The molecule has 31 heavy (non-hydrogen) atoms. The van der Waals surface area contributed by atoms with E-state index in [9.17, 15) is 9.59 Å². The number of ether oxygens (including phenoxy) is 1. The summed E-state index contributed by atoms with van der Waals surface area (Å²) in [5, 5.41) is 3.24. The van der Waals surface area contributed by atoms with Crippen molar-refractivity contribution < 1.29 is 14.3 Å². The molecule has 1 N–H and O–H groups in total. The third-order valence-electron chi connectivity index (χ3n) is 8.08. The number of urea groups is 1. The Morgan fingerprint density at radius 2 is 1.71 bits per heavy atom. The quantitative estimate of drug-likeness (QED) is 0.807. The Balaban J connectivity index is 1.25. The average Bonchev–Trinajstić information content (AvgIpc) is 3.42. The second-order valence-electron chi connectivity index (χ2n) is 9.88. The molecule has 1 saturated carbocycles. The van der Waals surface area contributed by atoms with E-state index in [1.54, 1.807) is 0 Å². The van der Waals surface area contributed by atoms with E-state index < -0.39 is 0 Å². The molecule has 0 unspecified atom stereocenters. The van der Waals surface area contributed by atoms with Crippen LogP contribution < -0.4 is 5.32 Å². The summed E-state index contributed by atoms with van der Waals surface area (Å²) in [7, 11) is 0. The first-order valence-corrected chi connectivity index (χ1v) is 12.1. The first-order chi connectivity index (χ1) is 15.1. The zero-order valence-electron chi connectivity index (χ0n) is 18.5. The number of carbonyl (C=O) groups excluding carboxylic acids is 2. The van der Waals surface area contributed by atoms with Crippen molar-refractivity contribution in [2.45, 2.75) is 68.7 Å². The molecule has 1 aromatic rings. The Morgan fingerprint density at radius 3 is 2.45 bits per heavy atom. The number of rotatable bonds is 3. The largest absolute Gasteiger partial charge is 0.378 e. The van der Waals surface area contributed by atoms with E-state index in [1.807, 2.05) is 9.80 Å². The normalized spacial score (nSPS) is 25.6. The van der Waals surface area contributed by atoms with Crippen LogP contribution in [0.25, 0.3) is 0 Å². The van der Waals surface area contributed by atoms with Crippen molar-refractivity contribution in [3.8, 4) is 0 Å². The first kappa shape index (κ1) is 20.8. The van der Waals surface area contributed by atoms with E-state index in [2.05, 4.69) is 29.6 Å². The molecule has 2 aliphatic heterocycles. The standard InChI is InChI=1S/C25H35N3O3/c29-23(27-13-15-31-16-14-27)17-19-18-25(22-8-4-3-7-21(19)22)9-11-28(12-10-25)24(30)26-20-5-1-2-6-20/h3-4,7-8,19-20H,1-2,5-6,9-18H2,(H,26,30)/t19-/m0/s1. The molecule has 1 spiro atoms. The lowest BCUT2D eigenvalue weighted by Gasteiger charge is -2.40. The van der Waals surface area contributed by atoms with Gasteiger partial charge in [0.25, 0.3) is 0 Å². The number of carbonyl (C=O) groups is 2. The Bertz CT molecular complexity index is 806. The van der Waals surface area contributed by atoms with Crippen molar-refractivity contribution in [3.05, 3.63) is 35.4 Å². The van der Waals surface area contributed by atoms with Gasteiger partial charge in [0.2, 0.25) is 5.91 Å². The highest BCUT2D eigenvalue weighted by Gasteiger charge is 2.46. The highest BCUT2D eigenvalue weighted by molar-refractivity contribution is 5.78. The van der Waals surface area contributed by atoms with Crippen molar-refractivity contribution >= 4 is 11.9 Å². The van der Waals surface area contributed by atoms with Crippen LogP contribution in [0, 0.1) is 0 Å². The van der Waals surface area contributed by atoms with Gasteiger partial charge in [0.05, 0.1) is 13.2 Å². The van der Waals surface area contributed by atoms with Gasteiger partial charge in [-0.05, 0) is 54.6 Å². The van der Waals surface area contributed by atoms with Gasteiger partial charge in [-0.3, -0.25) is 4.79 Å². The SMILES string of the molecule is O=C(C[C@H]1CC2(CCN(C(=O)NC3CCCC3)CC2)c2ccccc21)N1CCOCC1. The number of nitrogens with one attached hydrogen (secondary N) is 1. The lowest BCUT2D eigenvalue weighted by Crippen LogP contribution is -2.50. The lowest BCUT2D eigenvalue weighted by molar-refractivity contribution is -0.135. The number of piperidine rings is 1. The summed E-state index contributed by atoms with van der Waals surface area (Å²) >= 11 is 0. The maximum atomic E-state index is 13.0. The minimum absolute atomic E-state index is 0.108. The van der Waals surface area contributed by atoms with Gasteiger partial charge < -0.3 is 19.9 Å². The fourth-order valence-corrected chi connectivity index (χ4v) is 6.31. The predicted octanol–water partition coefficient (Wildman–Crippen LogP) is 3.41. The Hall–Kier alpha value is -2.08. The van der Waals surface area contributed by atoms with Gasteiger partial charge in [0.15, 0.2) is 0 Å². The van der Waals surface area contributed by atoms with Crippen LogP contribution in [0.1, 0.15) is 68.4 Å². The molecule has 3 fully saturated rings. The van der Waals surface area contributed by atoms with Gasteiger partial charge >= 0.3 is 6.03 Å². The van der Waals surface area contributed by atoms with Gasteiger partial charge in [0, 0.05) is 38.6 Å². The maximum Gasteiger partial charge on any atom is 0.317 e. The number of fused-ring (bicyclic) bond motifs is 2. The summed E-state index contributed by atoms with van der Waals surface area (Å²) in [6, 6.07) is 9.21. The predicted molar refractivity (Wildman–Crippen MR) is 119 cm³/mol. The fraction of sp³-hybridized carbons (Fsp3) is 0.680. The minimum Gasteiger partial charge on any atom is -0.378 e. The maximum absolute atomic E-state index is 13.0. The number of nitrogens with zero attached hydrogens (tertiary/aromatic N) is 2. The van der Waals surface area contributed by atoms with Gasteiger partial charge in [0.1, 0.15) is 0 Å². The molecule has 6 nitrogen and oxygen atoms in total. The van der Waals surface area contributed by atoms with Crippen molar-refractivity contribution in [2.75, 3.05) is 39.4 Å². The Kier molecular flexibility index (Phi) is 5.91. The molecular formula is C25H35N3O3. The van der Waals surface area contributed by atoms with Gasteiger partial charge in [-0.15, -0.1) is 0 Å². The van der Waals surface area contributed by atoms with E-state index in [4.69, 9.17) is 4.74 Å². The Morgan fingerprint density at radius 1 is 1.00 bits per heavy atom. The highest BCUT2D eigenvalue weighted by atomic mass is 16.5. The molecule has 4 aliphatic rings. The molecule has 1 atom stereocenters. The van der Waals surface area contributed by atoms with Crippen LogP contribution in [-0.4, -0.2) is 67.2 Å². The second-order valence-corrected chi connectivity index (χ2v) is 9.88. The molecular weight excluding hydrogens is 390 g/mol. The molecule has 0 bridgehead atoms. The summed E-state index contributed by atoms with van der Waals surface area (Å²) in [4.78, 5) is 29.7. The van der Waals surface area contributed by atoms with Crippen LogP contribution in [0.2, 0.25) is 0 Å². The molecule has 2 aliphatic carbocycles. The molecule has 0 radical (unpaired) electrons. The van der Waals surface area contributed by atoms with Crippen LogP contribution in [0.15, 0.2) is 24.3 Å². The zero-order chi connectivity index (χ0) is 21.3. The monoisotopic (exact) mass is 425 g/mol. The number of morpholine rings is 1. The summed E-state index contributed by atoms with van der Waals surface area (Å²) in [6.07, 6.45) is 8.30. The van der Waals surface area contributed by atoms with Crippen molar-refractivity contribution in [3.63, 3.8) is 0 Å². The first-order valence-electron chi connectivity index (χ1n) is 12.1. The van der Waals surface area contributed by atoms with E-state index in [0.29, 0.717) is 38.8 Å². The van der Waals surface area contributed by atoms with Crippen LogP contribution in [0.3, 0.4) is 0 Å². The number of amides is 3. The number of benzene rings is 1. The highest BCUT2D eigenvalue weighted by Crippen LogP contribution is 2.52. The zero-order valence-corrected chi connectivity index (χ0v) is 18.5. The Labute approximate surface area is 185 Å².